The van der Waals surface area contributed by atoms with Gasteiger partial charge in [-0.2, -0.15) is 0 Å². The molecule has 0 radical (unpaired) electrons. The molecule has 19 heavy (non-hydrogen) atoms. The summed E-state index contributed by atoms with van der Waals surface area (Å²) < 4.78 is 5.37. The van der Waals surface area contributed by atoms with Crippen LogP contribution in [0.3, 0.4) is 0 Å². The lowest BCUT2D eigenvalue weighted by Crippen LogP contribution is -2.51. The van der Waals surface area contributed by atoms with Gasteiger partial charge in [0, 0.05) is 26.2 Å². The maximum absolute atomic E-state index is 6.25. The number of hydrogen-bond donors (Lipinski definition) is 2. The molecule has 1 saturated heterocycles. The number of nitrogens with zero attached hydrogens (tertiary/aromatic N) is 1. The molecule has 1 aromatic carbocycles. The van der Waals surface area contributed by atoms with E-state index in [0.29, 0.717) is 0 Å². The second kappa shape index (κ2) is 7.48. The minimum absolute atomic E-state index is 0.191. The lowest BCUT2D eigenvalue weighted by atomic mass is 10.1. The highest BCUT2D eigenvalue weighted by Crippen LogP contribution is 2.19. The van der Waals surface area contributed by atoms with Crippen molar-refractivity contribution in [3.63, 3.8) is 0 Å². The number of rotatable bonds is 6. The summed E-state index contributed by atoms with van der Waals surface area (Å²) in [6.45, 7) is 4.24. The van der Waals surface area contributed by atoms with E-state index in [9.17, 15) is 0 Å². The highest BCUT2D eigenvalue weighted by atomic mass is 16.5. The number of para-hydroxylation sites is 1. The van der Waals surface area contributed by atoms with Gasteiger partial charge in [-0.15, -0.1) is 0 Å². The molecule has 1 aliphatic rings. The van der Waals surface area contributed by atoms with Gasteiger partial charge >= 0.3 is 0 Å². The monoisotopic (exact) mass is 263 g/mol. The molecule has 0 spiro atoms. The molecule has 0 aromatic heterocycles. The normalized spacial score (nSPS) is 18.2. The Labute approximate surface area is 115 Å². The number of piperazine rings is 1. The SMILES string of the molecule is COc1ccccc1CCCC(N)N1CCNCC1. The van der Waals surface area contributed by atoms with Gasteiger partial charge in [-0.05, 0) is 30.9 Å². The molecule has 3 N–H and O–H groups in total. The smallest absolute Gasteiger partial charge is 0.122 e. The van der Waals surface area contributed by atoms with E-state index in [4.69, 9.17) is 10.5 Å². The fourth-order valence-electron chi connectivity index (χ4n) is 2.61. The Kier molecular flexibility index (Phi) is 5.63. The minimum Gasteiger partial charge on any atom is -0.496 e. The molecule has 1 fully saturated rings. The zero-order chi connectivity index (χ0) is 13.5. The maximum Gasteiger partial charge on any atom is 0.122 e. The highest BCUT2D eigenvalue weighted by molar-refractivity contribution is 5.33. The average Bonchev–Trinajstić information content (AvgIpc) is 2.48. The summed E-state index contributed by atoms with van der Waals surface area (Å²) in [6.07, 6.45) is 3.37. The fourth-order valence-corrected chi connectivity index (χ4v) is 2.61. The Bertz CT molecular complexity index is 377. The Balaban J connectivity index is 1.76. The van der Waals surface area contributed by atoms with Crippen molar-refractivity contribution in [3.8, 4) is 5.75 Å². The molecule has 106 valence electrons. The number of ether oxygens (including phenoxy) is 1. The van der Waals surface area contributed by atoms with E-state index >= 15 is 0 Å². The van der Waals surface area contributed by atoms with Gasteiger partial charge in [0.15, 0.2) is 0 Å². The first-order valence-corrected chi connectivity index (χ1v) is 7.13. The first-order valence-electron chi connectivity index (χ1n) is 7.13. The summed E-state index contributed by atoms with van der Waals surface area (Å²) in [5.41, 5.74) is 7.53. The molecule has 2 rings (SSSR count). The van der Waals surface area contributed by atoms with Crippen LogP contribution in [0.2, 0.25) is 0 Å². The number of benzene rings is 1. The van der Waals surface area contributed by atoms with Gasteiger partial charge in [0.2, 0.25) is 0 Å². The van der Waals surface area contributed by atoms with E-state index in [2.05, 4.69) is 22.3 Å². The predicted octanol–water partition coefficient (Wildman–Crippen LogP) is 1.21. The van der Waals surface area contributed by atoms with E-state index in [1.165, 1.54) is 5.56 Å². The van der Waals surface area contributed by atoms with Crippen LogP contribution in [-0.4, -0.2) is 44.4 Å². The van der Waals surface area contributed by atoms with Crippen molar-refractivity contribution in [3.05, 3.63) is 29.8 Å². The second-order valence-corrected chi connectivity index (χ2v) is 5.06. The third kappa shape index (κ3) is 4.20. The van der Waals surface area contributed by atoms with Crippen LogP contribution >= 0.6 is 0 Å². The molecular weight excluding hydrogens is 238 g/mol. The van der Waals surface area contributed by atoms with Crippen LogP contribution in [0.5, 0.6) is 5.75 Å². The second-order valence-electron chi connectivity index (χ2n) is 5.06. The molecule has 1 unspecified atom stereocenters. The molecule has 0 saturated carbocycles. The van der Waals surface area contributed by atoms with Crippen LogP contribution in [0, 0.1) is 0 Å². The quantitative estimate of drug-likeness (QED) is 0.810. The zero-order valence-electron chi connectivity index (χ0n) is 11.8. The van der Waals surface area contributed by atoms with Crippen LogP contribution in [0.15, 0.2) is 24.3 Å². The van der Waals surface area contributed by atoms with E-state index in [-0.39, 0.29) is 6.17 Å². The fraction of sp³-hybridized carbons (Fsp3) is 0.600. The van der Waals surface area contributed by atoms with E-state index in [1.54, 1.807) is 7.11 Å². The van der Waals surface area contributed by atoms with Gasteiger partial charge in [0.05, 0.1) is 13.3 Å². The summed E-state index contributed by atoms with van der Waals surface area (Å²) in [5.74, 6) is 0.984. The zero-order valence-corrected chi connectivity index (χ0v) is 11.8. The predicted molar refractivity (Wildman–Crippen MR) is 78.4 cm³/mol. The van der Waals surface area contributed by atoms with E-state index in [1.807, 2.05) is 12.1 Å². The summed E-state index contributed by atoms with van der Waals surface area (Å²) in [7, 11) is 1.73. The number of methoxy groups -OCH3 is 1. The summed E-state index contributed by atoms with van der Waals surface area (Å²) in [5, 5.41) is 3.35. The van der Waals surface area contributed by atoms with Crippen LogP contribution in [-0.2, 0) is 6.42 Å². The third-order valence-corrected chi connectivity index (χ3v) is 3.76. The highest BCUT2D eigenvalue weighted by Gasteiger charge is 2.16. The number of aryl methyl sites for hydroxylation is 1. The molecule has 1 heterocycles. The Morgan fingerprint density at radius 1 is 1.32 bits per heavy atom. The first-order chi connectivity index (χ1) is 9.31. The number of hydrogen-bond acceptors (Lipinski definition) is 4. The van der Waals surface area contributed by atoms with Crippen LogP contribution in [0.4, 0.5) is 0 Å². The summed E-state index contributed by atoms with van der Waals surface area (Å²) in [6, 6.07) is 8.23. The van der Waals surface area contributed by atoms with Gasteiger partial charge in [-0.3, -0.25) is 4.90 Å². The molecule has 4 nitrogen and oxygen atoms in total. The van der Waals surface area contributed by atoms with Crippen LogP contribution in [0.25, 0.3) is 0 Å². The Morgan fingerprint density at radius 3 is 2.79 bits per heavy atom. The van der Waals surface area contributed by atoms with Crippen LogP contribution < -0.4 is 15.8 Å². The van der Waals surface area contributed by atoms with Crippen molar-refractivity contribution in [2.75, 3.05) is 33.3 Å². The topological polar surface area (TPSA) is 50.5 Å². The minimum atomic E-state index is 0.191. The third-order valence-electron chi connectivity index (χ3n) is 3.76. The largest absolute Gasteiger partial charge is 0.496 e. The number of nitrogens with one attached hydrogen (secondary N) is 1. The molecule has 4 heteroatoms. The molecule has 0 bridgehead atoms. The molecule has 0 amide bonds. The Morgan fingerprint density at radius 2 is 2.05 bits per heavy atom. The van der Waals surface area contributed by atoms with Gasteiger partial charge < -0.3 is 15.8 Å². The lowest BCUT2D eigenvalue weighted by Gasteiger charge is -2.32. The van der Waals surface area contributed by atoms with Gasteiger partial charge in [-0.25, -0.2) is 0 Å². The molecule has 1 aliphatic heterocycles. The maximum atomic E-state index is 6.25. The van der Waals surface area contributed by atoms with Gasteiger partial charge in [0.1, 0.15) is 5.75 Å². The van der Waals surface area contributed by atoms with E-state index < -0.39 is 0 Å². The van der Waals surface area contributed by atoms with Gasteiger partial charge in [-0.1, -0.05) is 18.2 Å². The van der Waals surface area contributed by atoms with Crippen molar-refractivity contribution < 1.29 is 4.74 Å². The Hall–Kier alpha value is -1.10. The standard InChI is InChI=1S/C15H25N3O/c1-19-14-7-3-2-5-13(14)6-4-8-15(16)18-11-9-17-10-12-18/h2-3,5,7,15,17H,4,6,8-12,16H2,1H3. The van der Waals surface area contributed by atoms with Crippen LogP contribution in [0.1, 0.15) is 18.4 Å². The summed E-state index contributed by atoms with van der Waals surface area (Å²) in [4.78, 5) is 2.37. The average molecular weight is 263 g/mol. The van der Waals surface area contributed by atoms with E-state index in [0.717, 1.165) is 51.2 Å². The van der Waals surface area contributed by atoms with Crippen molar-refractivity contribution in [2.24, 2.45) is 5.73 Å². The molecular formula is C15H25N3O. The van der Waals surface area contributed by atoms with Crippen molar-refractivity contribution in [1.29, 1.82) is 0 Å². The van der Waals surface area contributed by atoms with Crippen molar-refractivity contribution in [1.82, 2.24) is 10.2 Å². The molecule has 1 aromatic rings. The summed E-state index contributed by atoms with van der Waals surface area (Å²) >= 11 is 0. The first kappa shape index (κ1) is 14.3. The van der Waals surface area contributed by atoms with Crippen molar-refractivity contribution >= 4 is 0 Å². The lowest BCUT2D eigenvalue weighted by molar-refractivity contribution is 0.166. The van der Waals surface area contributed by atoms with Gasteiger partial charge in [0.25, 0.3) is 0 Å². The van der Waals surface area contributed by atoms with Crippen molar-refractivity contribution in [2.45, 2.75) is 25.4 Å². The number of nitrogens with two attached hydrogens (primary N) is 1. The molecule has 0 aliphatic carbocycles. The molecule has 1 atom stereocenters.